The summed E-state index contributed by atoms with van der Waals surface area (Å²) >= 11 is 0. The molecular weight excluding hydrogens is 288 g/mol. The fourth-order valence-corrected chi connectivity index (χ4v) is 1.69. The molecule has 22 heavy (non-hydrogen) atoms. The molecule has 0 saturated carbocycles. The summed E-state index contributed by atoms with van der Waals surface area (Å²) in [5.41, 5.74) is 1.57. The van der Waals surface area contributed by atoms with E-state index < -0.39 is 5.97 Å². The molecule has 0 aliphatic heterocycles. The van der Waals surface area contributed by atoms with Gasteiger partial charge in [-0.2, -0.15) is 0 Å². The molecule has 1 rings (SSSR count). The first-order valence-corrected chi connectivity index (χ1v) is 6.82. The molecule has 1 aromatic rings. The summed E-state index contributed by atoms with van der Waals surface area (Å²) in [6.07, 6.45) is 0.774. The molecule has 0 radical (unpaired) electrons. The Morgan fingerprint density at radius 1 is 1.18 bits per heavy atom. The van der Waals surface area contributed by atoms with Gasteiger partial charge in [-0.1, -0.05) is 12.1 Å². The topological polar surface area (TPSA) is 95.9 Å². The van der Waals surface area contributed by atoms with Crippen LogP contribution in [-0.4, -0.2) is 48.7 Å². The molecule has 2 N–H and O–H groups in total. The number of nitrogens with zero attached hydrogens (tertiary/aromatic N) is 1. The number of hydrogen-bond acceptors (Lipinski definition) is 4. The monoisotopic (exact) mass is 308 g/mol. The summed E-state index contributed by atoms with van der Waals surface area (Å²) in [4.78, 5) is 34.6. The van der Waals surface area contributed by atoms with Crippen molar-refractivity contribution in [2.45, 2.75) is 19.3 Å². The van der Waals surface area contributed by atoms with Crippen molar-refractivity contribution >= 4 is 23.7 Å². The quantitative estimate of drug-likeness (QED) is 0.748. The number of urea groups is 1. The van der Waals surface area contributed by atoms with E-state index in [0.29, 0.717) is 18.5 Å². The normalized spacial score (nSPS) is 9.91. The summed E-state index contributed by atoms with van der Waals surface area (Å²) in [6.45, 7) is 0.137. The van der Waals surface area contributed by atoms with Gasteiger partial charge >= 0.3 is 18.0 Å². The number of carboxylic acid groups (broad SMARTS) is 1. The number of rotatable bonds is 7. The van der Waals surface area contributed by atoms with Gasteiger partial charge in [0.1, 0.15) is 0 Å². The SMILES string of the molecule is COC(=O)CCc1ccc(NC(=O)N(C)CCC(=O)O)cc1. The van der Waals surface area contributed by atoms with E-state index in [4.69, 9.17) is 5.11 Å². The molecule has 0 bridgehead atoms. The molecule has 7 heteroatoms. The summed E-state index contributed by atoms with van der Waals surface area (Å²) in [7, 11) is 2.88. The van der Waals surface area contributed by atoms with Crippen molar-refractivity contribution in [1.29, 1.82) is 0 Å². The fraction of sp³-hybridized carbons (Fsp3) is 0.400. The van der Waals surface area contributed by atoms with Gasteiger partial charge in [0.15, 0.2) is 0 Å². The average Bonchev–Trinajstić information content (AvgIpc) is 2.51. The minimum atomic E-state index is -0.949. The molecule has 0 aromatic heterocycles. The standard InChI is InChI=1S/C15H20N2O5/c1-17(10-9-13(18)19)15(21)16-12-6-3-11(4-7-12)5-8-14(20)22-2/h3-4,6-7H,5,8-10H2,1-2H3,(H,16,21)(H,18,19). The molecule has 120 valence electrons. The minimum absolute atomic E-state index is 0.101. The molecule has 0 saturated heterocycles. The van der Waals surface area contributed by atoms with E-state index in [2.05, 4.69) is 10.1 Å². The number of carbonyl (C=O) groups is 3. The van der Waals surface area contributed by atoms with Crippen molar-refractivity contribution in [2.75, 3.05) is 26.0 Å². The third kappa shape index (κ3) is 6.25. The van der Waals surface area contributed by atoms with E-state index in [1.54, 1.807) is 12.1 Å². The maximum absolute atomic E-state index is 11.8. The predicted molar refractivity (Wildman–Crippen MR) is 80.7 cm³/mol. The van der Waals surface area contributed by atoms with Crippen molar-refractivity contribution in [1.82, 2.24) is 4.90 Å². The molecule has 0 unspecified atom stereocenters. The zero-order valence-electron chi connectivity index (χ0n) is 12.7. The summed E-state index contributed by atoms with van der Waals surface area (Å²) < 4.78 is 4.57. The number of aliphatic carboxylic acids is 1. The third-order valence-electron chi connectivity index (χ3n) is 3.06. The van der Waals surface area contributed by atoms with Crippen molar-refractivity contribution in [3.05, 3.63) is 29.8 Å². The van der Waals surface area contributed by atoms with Crippen LogP contribution in [0.2, 0.25) is 0 Å². The highest BCUT2D eigenvalue weighted by Gasteiger charge is 2.10. The van der Waals surface area contributed by atoms with Crippen LogP contribution in [0.5, 0.6) is 0 Å². The number of ether oxygens (including phenoxy) is 1. The van der Waals surface area contributed by atoms with Gasteiger partial charge in [0.05, 0.1) is 13.5 Å². The molecule has 1 aromatic carbocycles. The Morgan fingerprint density at radius 3 is 2.36 bits per heavy atom. The molecule has 0 fully saturated rings. The fourth-order valence-electron chi connectivity index (χ4n) is 1.69. The van der Waals surface area contributed by atoms with E-state index in [9.17, 15) is 14.4 Å². The number of anilines is 1. The molecular formula is C15H20N2O5. The molecule has 0 aliphatic carbocycles. The van der Waals surface area contributed by atoms with Crippen LogP contribution in [0, 0.1) is 0 Å². The van der Waals surface area contributed by atoms with Crippen LogP contribution in [0.3, 0.4) is 0 Å². The first-order chi connectivity index (χ1) is 10.4. The smallest absolute Gasteiger partial charge is 0.321 e. The highest BCUT2D eigenvalue weighted by molar-refractivity contribution is 5.89. The predicted octanol–water partition coefficient (Wildman–Crippen LogP) is 1.73. The third-order valence-corrected chi connectivity index (χ3v) is 3.06. The Bertz CT molecular complexity index is 527. The lowest BCUT2D eigenvalue weighted by Gasteiger charge is -2.17. The van der Waals surface area contributed by atoms with Gasteiger partial charge in [-0.05, 0) is 24.1 Å². The molecule has 0 spiro atoms. The van der Waals surface area contributed by atoms with Crippen LogP contribution in [0.4, 0.5) is 10.5 Å². The maximum atomic E-state index is 11.8. The van der Waals surface area contributed by atoms with Crippen LogP contribution >= 0.6 is 0 Å². The highest BCUT2D eigenvalue weighted by Crippen LogP contribution is 2.12. The molecule has 0 aliphatic rings. The zero-order chi connectivity index (χ0) is 16.5. The van der Waals surface area contributed by atoms with E-state index in [0.717, 1.165) is 5.56 Å². The Hall–Kier alpha value is -2.57. The van der Waals surface area contributed by atoms with Gasteiger partial charge in [0, 0.05) is 25.7 Å². The number of benzene rings is 1. The molecule has 0 heterocycles. The lowest BCUT2D eigenvalue weighted by molar-refractivity contribution is -0.140. The van der Waals surface area contributed by atoms with Gasteiger partial charge < -0.3 is 20.1 Å². The van der Waals surface area contributed by atoms with Gasteiger partial charge in [0.2, 0.25) is 0 Å². The number of nitrogens with one attached hydrogen (secondary N) is 1. The van der Waals surface area contributed by atoms with Gasteiger partial charge in [-0.3, -0.25) is 9.59 Å². The number of esters is 1. The number of hydrogen-bond donors (Lipinski definition) is 2. The van der Waals surface area contributed by atoms with Crippen molar-refractivity contribution in [3.63, 3.8) is 0 Å². The summed E-state index contributed by atoms with van der Waals surface area (Å²) in [5.74, 6) is -1.22. The van der Waals surface area contributed by atoms with Gasteiger partial charge in [0.25, 0.3) is 0 Å². The number of amides is 2. The van der Waals surface area contributed by atoms with Crippen LogP contribution in [0.1, 0.15) is 18.4 Å². The molecule has 7 nitrogen and oxygen atoms in total. The minimum Gasteiger partial charge on any atom is -0.481 e. The summed E-state index contributed by atoms with van der Waals surface area (Å²) in [6, 6.07) is 6.72. The lowest BCUT2D eigenvalue weighted by atomic mass is 10.1. The highest BCUT2D eigenvalue weighted by atomic mass is 16.5. The Balaban J connectivity index is 2.47. The maximum Gasteiger partial charge on any atom is 0.321 e. The number of methoxy groups -OCH3 is 1. The Labute approximate surface area is 128 Å². The average molecular weight is 308 g/mol. The molecule has 2 amide bonds. The number of carboxylic acids is 1. The van der Waals surface area contributed by atoms with E-state index >= 15 is 0 Å². The second-order valence-corrected chi connectivity index (χ2v) is 4.77. The second-order valence-electron chi connectivity index (χ2n) is 4.77. The van der Waals surface area contributed by atoms with Crippen molar-refractivity contribution < 1.29 is 24.2 Å². The lowest BCUT2D eigenvalue weighted by Crippen LogP contribution is -2.33. The summed E-state index contributed by atoms with van der Waals surface area (Å²) in [5, 5.41) is 11.3. The van der Waals surface area contributed by atoms with Crippen LogP contribution in [0.15, 0.2) is 24.3 Å². The largest absolute Gasteiger partial charge is 0.481 e. The first-order valence-electron chi connectivity index (χ1n) is 6.82. The van der Waals surface area contributed by atoms with Crippen LogP contribution in [0.25, 0.3) is 0 Å². The van der Waals surface area contributed by atoms with Crippen molar-refractivity contribution in [3.8, 4) is 0 Å². The van der Waals surface area contributed by atoms with E-state index in [1.165, 1.54) is 19.1 Å². The van der Waals surface area contributed by atoms with Crippen LogP contribution in [-0.2, 0) is 20.7 Å². The van der Waals surface area contributed by atoms with Crippen molar-refractivity contribution in [2.24, 2.45) is 0 Å². The molecule has 0 atom stereocenters. The number of carbonyl (C=O) groups excluding carboxylic acids is 2. The van der Waals surface area contributed by atoms with Gasteiger partial charge in [-0.15, -0.1) is 0 Å². The first kappa shape index (κ1) is 17.5. The van der Waals surface area contributed by atoms with E-state index in [-0.39, 0.29) is 25.0 Å². The number of aryl methyl sites for hydroxylation is 1. The van der Waals surface area contributed by atoms with Crippen LogP contribution < -0.4 is 5.32 Å². The zero-order valence-corrected chi connectivity index (χ0v) is 12.7. The Morgan fingerprint density at radius 2 is 1.82 bits per heavy atom. The van der Waals surface area contributed by atoms with Gasteiger partial charge in [-0.25, -0.2) is 4.79 Å². The second kappa shape index (κ2) is 8.66. The Kier molecular flexibility index (Phi) is 6.88. The van der Waals surface area contributed by atoms with E-state index in [1.807, 2.05) is 12.1 Å².